The van der Waals surface area contributed by atoms with E-state index in [0.717, 1.165) is 51.0 Å². The van der Waals surface area contributed by atoms with E-state index >= 15 is 0 Å². The zero-order chi connectivity index (χ0) is 18.7. The lowest BCUT2D eigenvalue weighted by molar-refractivity contribution is 0.283. The van der Waals surface area contributed by atoms with Crippen LogP contribution in [-0.2, 0) is 0 Å². The average Bonchev–Trinajstić information content (AvgIpc) is 2.73. The van der Waals surface area contributed by atoms with Crippen molar-refractivity contribution in [3.8, 4) is 0 Å². The summed E-state index contributed by atoms with van der Waals surface area (Å²) in [4.78, 5) is 13.9. The van der Waals surface area contributed by atoms with Gasteiger partial charge < -0.3 is 10.2 Å². The van der Waals surface area contributed by atoms with Gasteiger partial charge in [0, 0.05) is 45.5 Å². The molecule has 5 nitrogen and oxygen atoms in total. The number of nitrogens with one attached hydrogen (secondary N) is 1. The molecule has 0 bridgehead atoms. The number of unbranched alkanes of at least 4 members (excludes halogenated alkanes) is 2. The van der Waals surface area contributed by atoms with Crippen LogP contribution in [0, 0.1) is 0 Å². The summed E-state index contributed by atoms with van der Waals surface area (Å²) < 4.78 is 0. The molecule has 2 heterocycles. The SMILES string of the molecule is CCCCCNc1nccc(N2CCN(C/C=C/c3ccccc3)CC2)n1. The molecular weight excluding hydrogens is 334 g/mol. The summed E-state index contributed by atoms with van der Waals surface area (Å²) >= 11 is 0. The minimum atomic E-state index is 0.747. The summed E-state index contributed by atoms with van der Waals surface area (Å²) in [5.41, 5.74) is 1.26. The molecule has 0 radical (unpaired) electrons. The molecule has 1 aromatic heterocycles. The monoisotopic (exact) mass is 365 g/mol. The standard InChI is InChI=1S/C22H31N5/c1-2-3-7-13-23-22-24-14-12-21(25-22)27-18-16-26(17-19-27)15-8-11-20-9-5-4-6-10-20/h4-6,8-12,14H,2-3,7,13,15-19H2,1H3,(H,23,24,25)/b11-8+. The zero-order valence-corrected chi connectivity index (χ0v) is 16.3. The number of aromatic nitrogens is 2. The van der Waals surface area contributed by atoms with Gasteiger partial charge in [-0.2, -0.15) is 4.98 Å². The summed E-state index contributed by atoms with van der Waals surface area (Å²) in [6, 6.07) is 12.5. The first-order valence-electron chi connectivity index (χ1n) is 10.1. The first-order chi connectivity index (χ1) is 13.3. The van der Waals surface area contributed by atoms with Gasteiger partial charge in [-0.3, -0.25) is 4.90 Å². The van der Waals surface area contributed by atoms with Crippen LogP contribution in [0.15, 0.2) is 48.7 Å². The van der Waals surface area contributed by atoms with Crippen molar-refractivity contribution in [2.45, 2.75) is 26.2 Å². The van der Waals surface area contributed by atoms with E-state index in [0.29, 0.717) is 0 Å². The molecule has 0 unspecified atom stereocenters. The molecule has 0 spiro atoms. The number of hydrogen-bond donors (Lipinski definition) is 1. The van der Waals surface area contributed by atoms with Crippen molar-refractivity contribution in [1.29, 1.82) is 0 Å². The highest BCUT2D eigenvalue weighted by atomic mass is 15.3. The van der Waals surface area contributed by atoms with Gasteiger partial charge in [0.1, 0.15) is 5.82 Å². The molecule has 1 N–H and O–H groups in total. The van der Waals surface area contributed by atoms with Gasteiger partial charge in [-0.25, -0.2) is 4.98 Å². The second-order valence-corrected chi connectivity index (χ2v) is 6.97. The predicted octanol–water partition coefficient (Wildman–Crippen LogP) is 3.91. The quantitative estimate of drug-likeness (QED) is 0.683. The van der Waals surface area contributed by atoms with Crippen LogP contribution in [0.5, 0.6) is 0 Å². The topological polar surface area (TPSA) is 44.3 Å². The summed E-state index contributed by atoms with van der Waals surface area (Å²) in [5.74, 6) is 1.78. The highest BCUT2D eigenvalue weighted by molar-refractivity contribution is 5.49. The number of piperazine rings is 1. The van der Waals surface area contributed by atoms with Gasteiger partial charge in [0.2, 0.25) is 5.95 Å². The number of anilines is 2. The van der Waals surface area contributed by atoms with E-state index < -0.39 is 0 Å². The Morgan fingerprint density at radius 1 is 1.04 bits per heavy atom. The van der Waals surface area contributed by atoms with Crippen LogP contribution in [0.4, 0.5) is 11.8 Å². The van der Waals surface area contributed by atoms with Gasteiger partial charge in [-0.05, 0) is 18.1 Å². The van der Waals surface area contributed by atoms with Crippen LogP contribution in [0.2, 0.25) is 0 Å². The van der Waals surface area contributed by atoms with Crippen molar-refractivity contribution < 1.29 is 0 Å². The van der Waals surface area contributed by atoms with E-state index in [2.05, 4.69) is 69.5 Å². The van der Waals surface area contributed by atoms with Crippen molar-refractivity contribution in [1.82, 2.24) is 14.9 Å². The van der Waals surface area contributed by atoms with Crippen molar-refractivity contribution in [2.24, 2.45) is 0 Å². The molecule has 0 amide bonds. The molecule has 5 heteroatoms. The fourth-order valence-electron chi connectivity index (χ4n) is 3.25. The third-order valence-corrected chi connectivity index (χ3v) is 4.87. The minimum Gasteiger partial charge on any atom is -0.354 e. The van der Waals surface area contributed by atoms with E-state index in [1.165, 1.54) is 24.8 Å². The third kappa shape index (κ3) is 6.36. The maximum absolute atomic E-state index is 4.69. The van der Waals surface area contributed by atoms with Gasteiger partial charge in [-0.1, -0.05) is 62.2 Å². The van der Waals surface area contributed by atoms with Crippen molar-refractivity contribution in [2.75, 3.05) is 49.5 Å². The smallest absolute Gasteiger partial charge is 0.224 e. The van der Waals surface area contributed by atoms with E-state index in [1.807, 2.05) is 12.3 Å². The number of nitrogens with zero attached hydrogens (tertiary/aromatic N) is 4. The van der Waals surface area contributed by atoms with Gasteiger partial charge in [0.15, 0.2) is 0 Å². The molecule has 1 saturated heterocycles. The van der Waals surface area contributed by atoms with Crippen LogP contribution in [0.25, 0.3) is 6.08 Å². The van der Waals surface area contributed by atoms with Crippen LogP contribution in [-0.4, -0.2) is 54.1 Å². The predicted molar refractivity (Wildman–Crippen MR) is 114 cm³/mol. The van der Waals surface area contributed by atoms with Gasteiger partial charge in [0.25, 0.3) is 0 Å². The molecule has 1 aliphatic heterocycles. The van der Waals surface area contributed by atoms with Crippen LogP contribution >= 0.6 is 0 Å². The molecule has 2 aromatic rings. The minimum absolute atomic E-state index is 0.747. The number of rotatable bonds is 9. The largest absolute Gasteiger partial charge is 0.354 e. The maximum atomic E-state index is 4.69. The fraction of sp³-hybridized carbons (Fsp3) is 0.455. The highest BCUT2D eigenvalue weighted by Gasteiger charge is 2.17. The number of hydrogen-bond acceptors (Lipinski definition) is 5. The van der Waals surface area contributed by atoms with E-state index in [9.17, 15) is 0 Å². The van der Waals surface area contributed by atoms with Crippen LogP contribution in [0.1, 0.15) is 31.7 Å². The van der Waals surface area contributed by atoms with Crippen molar-refractivity contribution in [3.63, 3.8) is 0 Å². The maximum Gasteiger partial charge on any atom is 0.224 e. The van der Waals surface area contributed by atoms with Gasteiger partial charge in [0.05, 0.1) is 0 Å². The Labute approximate surface area is 163 Å². The Morgan fingerprint density at radius 3 is 2.63 bits per heavy atom. The molecular formula is C22H31N5. The second kappa shape index (κ2) is 10.7. The molecule has 1 fully saturated rings. The summed E-state index contributed by atoms with van der Waals surface area (Å²) in [6.07, 6.45) is 9.96. The Balaban J connectivity index is 1.44. The highest BCUT2D eigenvalue weighted by Crippen LogP contribution is 2.15. The Bertz CT molecular complexity index is 693. The normalized spacial score (nSPS) is 15.4. The summed E-state index contributed by atoms with van der Waals surface area (Å²) in [6.45, 7) is 8.28. The van der Waals surface area contributed by atoms with Gasteiger partial charge >= 0.3 is 0 Å². The van der Waals surface area contributed by atoms with E-state index in [1.54, 1.807) is 0 Å². The summed E-state index contributed by atoms with van der Waals surface area (Å²) in [5, 5.41) is 3.34. The lowest BCUT2D eigenvalue weighted by Gasteiger charge is -2.34. The first-order valence-corrected chi connectivity index (χ1v) is 10.1. The molecule has 0 atom stereocenters. The molecule has 0 saturated carbocycles. The Kier molecular flexibility index (Phi) is 7.66. The number of benzene rings is 1. The lowest BCUT2D eigenvalue weighted by atomic mass is 10.2. The first kappa shape index (κ1) is 19.4. The molecule has 1 aromatic carbocycles. The van der Waals surface area contributed by atoms with Crippen molar-refractivity contribution in [3.05, 3.63) is 54.2 Å². The molecule has 1 aliphatic rings. The third-order valence-electron chi connectivity index (χ3n) is 4.87. The van der Waals surface area contributed by atoms with Crippen molar-refractivity contribution >= 4 is 17.8 Å². The molecule has 0 aliphatic carbocycles. The molecule has 3 rings (SSSR count). The zero-order valence-electron chi connectivity index (χ0n) is 16.3. The Hall–Kier alpha value is -2.40. The fourth-order valence-corrected chi connectivity index (χ4v) is 3.25. The van der Waals surface area contributed by atoms with Crippen LogP contribution < -0.4 is 10.2 Å². The van der Waals surface area contributed by atoms with Crippen LogP contribution in [0.3, 0.4) is 0 Å². The van der Waals surface area contributed by atoms with E-state index in [4.69, 9.17) is 4.98 Å². The second-order valence-electron chi connectivity index (χ2n) is 6.97. The average molecular weight is 366 g/mol. The Morgan fingerprint density at radius 2 is 1.85 bits per heavy atom. The summed E-state index contributed by atoms with van der Waals surface area (Å²) in [7, 11) is 0. The lowest BCUT2D eigenvalue weighted by Crippen LogP contribution is -2.46. The molecule has 27 heavy (non-hydrogen) atoms. The molecule has 144 valence electrons. The van der Waals surface area contributed by atoms with Gasteiger partial charge in [-0.15, -0.1) is 0 Å². The van der Waals surface area contributed by atoms with E-state index in [-0.39, 0.29) is 0 Å².